The van der Waals surface area contributed by atoms with Crippen molar-refractivity contribution in [1.82, 2.24) is 9.21 Å². The molecule has 0 radical (unpaired) electrons. The van der Waals surface area contributed by atoms with E-state index in [4.69, 9.17) is 5.11 Å². The molecule has 1 atom stereocenters. The van der Waals surface area contributed by atoms with Crippen LogP contribution in [0.4, 0.5) is 0 Å². The first-order valence-electron chi connectivity index (χ1n) is 6.82. The van der Waals surface area contributed by atoms with Gasteiger partial charge >= 0.3 is 0 Å². The summed E-state index contributed by atoms with van der Waals surface area (Å²) in [5.74, 6) is 5.22. The van der Waals surface area contributed by atoms with Gasteiger partial charge in [0.2, 0.25) is 10.0 Å². The molecule has 0 spiro atoms. The van der Waals surface area contributed by atoms with Crippen molar-refractivity contribution in [3.8, 4) is 11.8 Å². The maximum absolute atomic E-state index is 12.8. The van der Waals surface area contributed by atoms with Gasteiger partial charge in [-0.15, -0.1) is 0 Å². The van der Waals surface area contributed by atoms with Crippen LogP contribution >= 0.6 is 0 Å². The summed E-state index contributed by atoms with van der Waals surface area (Å²) in [6.45, 7) is 0.727. The second-order valence-electron chi connectivity index (χ2n) is 5.23. The van der Waals surface area contributed by atoms with Crippen molar-refractivity contribution < 1.29 is 13.5 Å². The van der Waals surface area contributed by atoms with Gasteiger partial charge < -0.3 is 10.0 Å². The lowest BCUT2D eigenvalue weighted by molar-refractivity contribution is 0.302. The molecule has 21 heavy (non-hydrogen) atoms. The maximum Gasteiger partial charge on any atom is 0.244 e. The van der Waals surface area contributed by atoms with Crippen LogP contribution < -0.4 is 0 Å². The summed E-state index contributed by atoms with van der Waals surface area (Å²) in [7, 11) is 0.376. The van der Waals surface area contributed by atoms with Gasteiger partial charge in [0.1, 0.15) is 6.61 Å². The van der Waals surface area contributed by atoms with E-state index in [0.717, 1.165) is 6.42 Å². The Hall–Kier alpha value is -1.39. The van der Waals surface area contributed by atoms with Gasteiger partial charge in [-0.3, -0.25) is 0 Å². The summed E-state index contributed by atoms with van der Waals surface area (Å²) in [6.07, 6.45) is 0.830. The monoisotopic (exact) mass is 308 g/mol. The predicted octanol–water partition coefficient (Wildman–Crippen LogP) is 0.355. The third-order valence-corrected chi connectivity index (χ3v) is 5.59. The molecule has 0 aliphatic carbocycles. The first kappa shape index (κ1) is 16.0. The zero-order valence-corrected chi connectivity index (χ0v) is 13.1. The molecule has 1 aromatic carbocycles. The van der Waals surface area contributed by atoms with E-state index >= 15 is 0 Å². The Morgan fingerprint density at radius 1 is 1.38 bits per heavy atom. The van der Waals surface area contributed by atoms with E-state index in [0.29, 0.717) is 18.7 Å². The van der Waals surface area contributed by atoms with E-state index < -0.39 is 10.0 Å². The predicted molar refractivity (Wildman–Crippen MR) is 81.3 cm³/mol. The van der Waals surface area contributed by atoms with Crippen LogP contribution in [-0.4, -0.2) is 62.6 Å². The number of aliphatic hydroxyl groups is 1. The fraction of sp³-hybridized carbons (Fsp3) is 0.467. The van der Waals surface area contributed by atoms with Gasteiger partial charge in [-0.05, 0) is 32.6 Å². The largest absolute Gasteiger partial charge is 0.384 e. The Bertz CT molecular complexity index is 659. The number of aliphatic hydroxyl groups excluding tert-OH is 1. The average molecular weight is 308 g/mol. The Labute approximate surface area is 126 Å². The molecule has 1 aliphatic heterocycles. The van der Waals surface area contributed by atoms with Gasteiger partial charge in [0.05, 0.1) is 4.90 Å². The van der Waals surface area contributed by atoms with Crippen molar-refractivity contribution >= 4 is 10.0 Å². The molecule has 5 nitrogen and oxygen atoms in total. The standard InChI is InChI=1S/C15H20N2O3S/c1-16(2)14-9-10-17(12-14)21(19,20)15-8-4-3-6-13(15)7-5-11-18/h3-4,6,8,14,18H,9-12H2,1-2H3. The highest BCUT2D eigenvalue weighted by molar-refractivity contribution is 7.89. The number of likely N-dealkylation sites (N-methyl/N-ethyl adjacent to an activating group) is 1. The van der Waals surface area contributed by atoms with E-state index in [9.17, 15) is 8.42 Å². The van der Waals surface area contributed by atoms with Crippen molar-refractivity contribution in [3.63, 3.8) is 0 Å². The lowest BCUT2D eigenvalue weighted by Gasteiger charge is -2.20. The van der Waals surface area contributed by atoms with E-state index in [1.807, 2.05) is 19.0 Å². The molecule has 1 aliphatic rings. The van der Waals surface area contributed by atoms with E-state index in [1.54, 1.807) is 24.3 Å². The summed E-state index contributed by atoms with van der Waals surface area (Å²) in [5.41, 5.74) is 0.430. The molecular weight excluding hydrogens is 288 g/mol. The summed E-state index contributed by atoms with van der Waals surface area (Å²) in [5, 5.41) is 8.79. The first-order valence-corrected chi connectivity index (χ1v) is 8.26. The molecular formula is C15H20N2O3S. The number of sulfonamides is 1. The molecule has 1 aromatic rings. The van der Waals surface area contributed by atoms with Crippen LogP contribution in [0.1, 0.15) is 12.0 Å². The van der Waals surface area contributed by atoms with Gasteiger partial charge in [0.25, 0.3) is 0 Å². The molecule has 1 fully saturated rings. The van der Waals surface area contributed by atoms with Crippen LogP contribution in [0.3, 0.4) is 0 Å². The molecule has 0 bridgehead atoms. The highest BCUT2D eigenvalue weighted by Gasteiger charge is 2.34. The molecule has 0 aromatic heterocycles. The topological polar surface area (TPSA) is 60.9 Å². The van der Waals surface area contributed by atoms with Crippen LogP contribution in [0.25, 0.3) is 0 Å². The molecule has 1 N–H and O–H groups in total. The number of rotatable bonds is 3. The Balaban J connectivity index is 2.33. The Kier molecular flexibility index (Phi) is 5.01. The minimum Gasteiger partial charge on any atom is -0.384 e. The second kappa shape index (κ2) is 6.58. The van der Waals surface area contributed by atoms with Crippen LogP contribution in [-0.2, 0) is 10.0 Å². The fourth-order valence-electron chi connectivity index (χ4n) is 2.42. The maximum atomic E-state index is 12.8. The van der Waals surface area contributed by atoms with Gasteiger partial charge in [-0.2, -0.15) is 4.31 Å². The van der Waals surface area contributed by atoms with E-state index in [2.05, 4.69) is 11.8 Å². The number of hydrogen-bond donors (Lipinski definition) is 1. The third-order valence-electron chi connectivity index (χ3n) is 3.66. The van der Waals surface area contributed by atoms with Crippen LogP contribution in [0.15, 0.2) is 29.2 Å². The van der Waals surface area contributed by atoms with Gasteiger partial charge in [-0.1, -0.05) is 24.0 Å². The lowest BCUT2D eigenvalue weighted by Crippen LogP contribution is -2.34. The minimum atomic E-state index is -3.54. The number of nitrogens with zero attached hydrogens (tertiary/aromatic N) is 2. The molecule has 0 saturated carbocycles. The molecule has 2 rings (SSSR count). The fourth-order valence-corrected chi connectivity index (χ4v) is 4.06. The first-order chi connectivity index (χ1) is 9.96. The highest BCUT2D eigenvalue weighted by atomic mass is 32.2. The quantitative estimate of drug-likeness (QED) is 0.819. The minimum absolute atomic E-state index is 0.213. The van der Waals surface area contributed by atoms with Gasteiger partial charge in [0.15, 0.2) is 0 Å². The second-order valence-corrected chi connectivity index (χ2v) is 7.13. The number of hydrogen-bond acceptors (Lipinski definition) is 4. The van der Waals surface area contributed by atoms with Gasteiger partial charge in [-0.25, -0.2) is 8.42 Å². The summed E-state index contributed by atoms with van der Waals surface area (Å²) < 4.78 is 27.0. The van der Waals surface area contributed by atoms with Crippen molar-refractivity contribution in [2.75, 3.05) is 33.8 Å². The van der Waals surface area contributed by atoms with Crippen molar-refractivity contribution in [1.29, 1.82) is 0 Å². The lowest BCUT2D eigenvalue weighted by atomic mass is 10.2. The van der Waals surface area contributed by atoms with Crippen molar-refractivity contribution in [3.05, 3.63) is 29.8 Å². The average Bonchev–Trinajstić information content (AvgIpc) is 2.96. The molecule has 0 amide bonds. The molecule has 1 unspecified atom stereocenters. The van der Waals surface area contributed by atoms with Crippen LogP contribution in [0, 0.1) is 11.8 Å². The zero-order valence-electron chi connectivity index (χ0n) is 12.3. The Morgan fingerprint density at radius 2 is 2.10 bits per heavy atom. The van der Waals surface area contributed by atoms with Gasteiger partial charge in [0, 0.05) is 24.7 Å². The third kappa shape index (κ3) is 3.44. The number of benzene rings is 1. The summed E-state index contributed by atoms with van der Waals surface area (Å²) >= 11 is 0. The molecule has 6 heteroatoms. The smallest absolute Gasteiger partial charge is 0.244 e. The molecule has 1 saturated heterocycles. The Morgan fingerprint density at radius 3 is 2.71 bits per heavy atom. The highest BCUT2D eigenvalue weighted by Crippen LogP contribution is 2.24. The molecule has 1 heterocycles. The van der Waals surface area contributed by atoms with Crippen molar-refractivity contribution in [2.45, 2.75) is 17.4 Å². The van der Waals surface area contributed by atoms with Crippen LogP contribution in [0.5, 0.6) is 0 Å². The van der Waals surface area contributed by atoms with E-state index in [-0.39, 0.29) is 17.5 Å². The van der Waals surface area contributed by atoms with Crippen LogP contribution in [0.2, 0.25) is 0 Å². The summed E-state index contributed by atoms with van der Waals surface area (Å²) in [4.78, 5) is 2.26. The zero-order chi connectivity index (χ0) is 15.5. The normalized spacial score (nSPS) is 19.5. The summed E-state index contributed by atoms with van der Waals surface area (Å²) in [6, 6.07) is 6.91. The van der Waals surface area contributed by atoms with Crippen molar-refractivity contribution in [2.24, 2.45) is 0 Å². The SMILES string of the molecule is CN(C)C1CCN(S(=O)(=O)c2ccccc2C#CCO)C1. The van der Waals surface area contributed by atoms with E-state index in [1.165, 1.54) is 4.31 Å². The molecule has 114 valence electrons.